The number of Topliss-reactive ketones (excluding diaryl/α,β-unsaturated/α-hetero) is 1. The molecule has 4 heterocycles. The topological polar surface area (TPSA) is 326 Å². The number of aryl methyl sites for hydroxylation is 6. The van der Waals surface area contributed by atoms with E-state index in [1.165, 1.54) is 7.11 Å². The highest BCUT2D eigenvalue weighted by molar-refractivity contribution is 5.99. The lowest BCUT2D eigenvalue weighted by molar-refractivity contribution is 0.0975. The van der Waals surface area contributed by atoms with Gasteiger partial charge in [-0.15, -0.1) is 0 Å². The quantitative estimate of drug-likeness (QED) is 0.0379. The van der Waals surface area contributed by atoms with E-state index in [4.69, 9.17) is 14.2 Å². The summed E-state index contributed by atoms with van der Waals surface area (Å²) in [4.78, 5) is 67.0. The molecule has 4 aliphatic heterocycles. The predicted octanol–water partition coefficient (Wildman–Crippen LogP) is 10.1. The van der Waals surface area contributed by atoms with Crippen molar-refractivity contribution >= 4 is 41.3 Å². The maximum Gasteiger partial charge on any atom is 0.340 e. The van der Waals surface area contributed by atoms with Crippen LogP contribution in [-0.4, -0.2) is 169 Å². The van der Waals surface area contributed by atoms with Crippen LogP contribution in [0.15, 0.2) is 66.7 Å². The minimum Gasteiger partial charge on any atom is -0.498 e. The van der Waals surface area contributed by atoms with Crippen LogP contribution in [0.4, 0.5) is 30.6 Å². The number of carbonyl (C=O) groups is 5. The molecule has 28 nitrogen and oxygen atoms in total. The van der Waals surface area contributed by atoms with Crippen LogP contribution in [-0.2, 0) is 0 Å². The van der Waals surface area contributed by atoms with Crippen molar-refractivity contribution in [3.05, 3.63) is 196 Å². The number of hydrogen-bond acceptors (Lipinski definition) is 15. The van der Waals surface area contributed by atoms with Crippen molar-refractivity contribution < 1.29 is 38.2 Å². The molecule has 5 N–H and O–H groups in total. The molecule has 0 aromatic heterocycles. The minimum absolute atomic E-state index is 0.0124. The van der Waals surface area contributed by atoms with Gasteiger partial charge in [0, 0.05) is 141 Å². The van der Waals surface area contributed by atoms with E-state index in [1.807, 2.05) is 98.7 Å². The number of nitrogens with zero attached hydrogens (tertiary/aromatic N) is 10. The Morgan fingerprint density at radius 2 is 0.979 bits per heavy atom. The fourth-order valence-corrected chi connectivity index (χ4v) is 10.9. The molecule has 0 saturated carbocycles. The number of ketones is 1. The summed E-state index contributed by atoms with van der Waals surface area (Å²) in [7, 11) is 5.48. The number of hydrogen-bond donors (Lipinski definition) is 5. The molecule has 4 aliphatic rings. The largest absolute Gasteiger partial charge is 0.498 e. The zero-order valence-corrected chi connectivity index (χ0v) is 56.2. The Labute approximate surface area is 559 Å². The van der Waals surface area contributed by atoms with E-state index in [0.717, 1.165) is 73.6 Å². The molecule has 9 rings (SSSR count). The van der Waals surface area contributed by atoms with Gasteiger partial charge in [-0.1, -0.05) is 24.3 Å². The average Bonchev–Trinajstić information content (AvgIpc) is 1.03. The van der Waals surface area contributed by atoms with Gasteiger partial charge in [0.2, 0.25) is 0 Å². The molecule has 0 bridgehead atoms. The van der Waals surface area contributed by atoms with Crippen LogP contribution in [0.1, 0.15) is 95.5 Å². The molecule has 5 aromatic carbocycles. The van der Waals surface area contributed by atoms with Crippen molar-refractivity contribution in [1.29, 1.82) is 0 Å². The Hall–Kier alpha value is -11.7. The molecule has 0 radical (unpaired) electrons. The Morgan fingerprint density at radius 3 is 1.47 bits per heavy atom. The number of urea groups is 4. The van der Waals surface area contributed by atoms with Crippen LogP contribution in [0.25, 0.3) is 25.0 Å². The van der Waals surface area contributed by atoms with Gasteiger partial charge in [0.1, 0.15) is 46.8 Å². The lowest BCUT2D eigenvalue weighted by Crippen LogP contribution is -2.32. The normalized spacial score (nSPS) is 12.9. The van der Waals surface area contributed by atoms with Gasteiger partial charge >= 0.3 is 54.5 Å². The molecule has 28 heteroatoms. The Bertz CT molecular complexity index is 3900. The Balaban J connectivity index is 0.000000219. The number of ether oxygens (including phenoxy) is 3. The van der Waals surface area contributed by atoms with Gasteiger partial charge in [-0.3, -0.25) is 4.79 Å². The first-order chi connectivity index (χ1) is 46.1. The first kappa shape index (κ1) is 75.0. The molecule has 0 aliphatic carbocycles. The predicted molar refractivity (Wildman–Crippen MR) is 372 cm³/mol. The highest BCUT2D eigenvalue weighted by Gasteiger charge is 2.24. The molecule has 0 spiro atoms. The summed E-state index contributed by atoms with van der Waals surface area (Å²) in [6, 6.07) is 31.6. The summed E-state index contributed by atoms with van der Waals surface area (Å²) in [6.07, 6.45) is 0.982. The minimum atomic E-state index is -0.0721. The lowest BCUT2D eigenvalue weighted by Gasteiger charge is -2.18. The SMILES string of the molecule is COc1cc(C#[N+][O-])ccc1OCCN1CCNC1=O.Cc1cc(C)c(C(=O)CCCN2CCNC2=O)c(C)c1C#[N+][O-].Cc1cc(C)c(NCCN2CCNC2=O)c(C)c1C#[N+][O-].Cc1cc(N(C)C)cc(C)c1C#[N+][O-].O=C1NCCN1CCOc1ccccc1C#[N+][O-]. The Kier molecular flexibility index (Phi) is 30.0. The molecule has 508 valence electrons. The van der Waals surface area contributed by atoms with E-state index in [1.54, 1.807) is 62.1 Å². The van der Waals surface area contributed by atoms with Gasteiger partial charge in [0.15, 0.2) is 17.3 Å². The molecular weight excluding hydrogens is 1230 g/mol. The van der Waals surface area contributed by atoms with Gasteiger partial charge in [0.05, 0.1) is 20.2 Å². The van der Waals surface area contributed by atoms with E-state index in [0.29, 0.717) is 144 Å². The lowest BCUT2D eigenvalue weighted by atomic mass is 9.90. The molecule has 8 amide bonds. The summed E-state index contributed by atoms with van der Waals surface area (Å²) >= 11 is 0. The molecular formula is C68H83N15O13. The third-order valence-corrected chi connectivity index (χ3v) is 15.7. The van der Waals surface area contributed by atoms with Crippen molar-refractivity contribution in [2.45, 2.75) is 68.2 Å². The van der Waals surface area contributed by atoms with Crippen molar-refractivity contribution in [3.63, 3.8) is 0 Å². The number of para-hydroxylation sites is 1. The number of methoxy groups -OCH3 is 1. The van der Waals surface area contributed by atoms with Crippen molar-refractivity contribution in [3.8, 4) is 47.6 Å². The number of rotatable bonds is 19. The van der Waals surface area contributed by atoms with E-state index in [9.17, 15) is 50.0 Å². The first-order valence-corrected chi connectivity index (χ1v) is 30.9. The van der Waals surface area contributed by atoms with Gasteiger partial charge in [-0.25, -0.2) is 19.2 Å². The number of amides is 8. The average molecular weight is 1320 g/mol. The van der Waals surface area contributed by atoms with E-state index in [2.05, 4.69) is 82.0 Å². The monoisotopic (exact) mass is 1320 g/mol. The number of benzene rings is 5. The highest BCUT2D eigenvalue weighted by atomic mass is 16.5. The van der Waals surface area contributed by atoms with Crippen LogP contribution < -0.4 is 45.7 Å². The fraction of sp³-hybridized carbons (Fsp3) is 0.412. The van der Waals surface area contributed by atoms with Crippen LogP contribution in [0.5, 0.6) is 17.2 Å². The second-order valence-corrected chi connectivity index (χ2v) is 22.5. The zero-order valence-electron chi connectivity index (χ0n) is 56.2. The molecule has 5 aromatic rings. The maximum atomic E-state index is 12.6. The van der Waals surface area contributed by atoms with Crippen LogP contribution in [0.3, 0.4) is 0 Å². The molecule has 0 unspecified atom stereocenters. The van der Waals surface area contributed by atoms with Gasteiger partial charge in [-0.05, 0) is 143 Å². The molecule has 4 fully saturated rings. The summed E-state index contributed by atoms with van der Waals surface area (Å²) < 4.78 is 16.3. The second-order valence-electron chi connectivity index (χ2n) is 22.5. The highest BCUT2D eigenvalue weighted by Crippen LogP contribution is 2.30. The number of nitrogens with one attached hydrogen (secondary N) is 5. The van der Waals surface area contributed by atoms with Gasteiger partial charge < -0.3 is 91.3 Å². The summed E-state index contributed by atoms with van der Waals surface area (Å²) in [5.74, 6) is 1.60. The molecule has 0 atom stereocenters. The zero-order chi connectivity index (χ0) is 70.3. The van der Waals surface area contributed by atoms with E-state index in [-0.39, 0.29) is 29.9 Å². The summed E-state index contributed by atoms with van der Waals surface area (Å²) in [6.45, 7) is 24.5. The standard InChI is InChI=1S/C17H21N3O3.C15H20N4O2.C13H15N3O4.C12H13N3O3.C11H14N2O/c1-11-9-12(2)16(13(3)14(11)10-19-23)15(21)5-4-7-20-8-6-18-17(20)22;1-10-8-11(2)14(12(3)13(10)9-18-21)16-4-6-19-7-5-17-15(19)20;1-19-12-8-10(9-15-18)2-3-11(12)20-7-6-16-5-4-14-13(16)17;16-12-13-5-6-15(12)7-8-18-11-4-2-1-3-10(11)9-14-17;1-8-5-10(13(3)4)6-9(2)11(8)7-12-14/h9H,4-8H2,1-3H3,(H,18,22);8,16H,4-7H2,1-3H3,(H,17,20);2-3,8H,4-7H2,1H3,(H,14,17);1-4H,5-8H2,(H,13,16);5-6H,1-4H3. The van der Waals surface area contributed by atoms with E-state index >= 15 is 0 Å². The van der Waals surface area contributed by atoms with Crippen LogP contribution >= 0.6 is 0 Å². The van der Waals surface area contributed by atoms with Crippen molar-refractivity contribution in [2.24, 2.45) is 0 Å². The maximum absolute atomic E-state index is 12.6. The van der Waals surface area contributed by atoms with E-state index < -0.39 is 0 Å². The third-order valence-electron chi connectivity index (χ3n) is 15.7. The van der Waals surface area contributed by atoms with Gasteiger partial charge in [-0.2, -0.15) is 0 Å². The fourth-order valence-electron chi connectivity index (χ4n) is 10.9. The second kappa shape index (κ2) is 38.3. The molecule has 4 saturated heterocycles. The molecule has 96 heavy (non-hydrogen) atoms. The van der Waals surface area contributed by atoms with Crippen LogP contribution in [0, 0.1) is 112 Å². The van der Waals surface area contributed by atoms with Crippen molar-refractivity contribution in [1.82, 2.24) is 40.9 Å². The van der Waals surface area contributed by atoms with Crippen LogP contribution in [0.2, 0.25) is 0 Å². The number of carbonyl (C=O) groups excluding carboxylic acids is 5. The summed E-state index contributed by atoms with van der Waals surface area (Å²) in [5.41, 5.74) is 13.5. The Morgan fingerprint density at radius 1 is 0.521 bits per heavy atom. The summed E-state index contributed by atoms with van der Waals surface area (Å²) in [5, 5.41) is 79.1. The smallest absolute Gasteiger partial charge is 0.340 e. The third kappa shape index (κ3) is 22.0. The number of anilines is 2. The van der Waals surface area contributed by atoms with Crippen molar-refractivity contribution in [2.75, 3.05) is 130 Å². The van der Waals surface area contributed by atoms with Gasteiger partial charge in [0.25, 0.3) is 0 Å². The first-order valence-electron chi connectivity index (χ1n) is 30.9.